The lowest BCUT2D eigenvalue weighted by atomic mass is 9.83. The topological polar surface area (TPSA) is 24.9 Å². The molecule has 2 saturated carbocycles. The van der Waals surface area contributed by atoms with Gasteiger partial charge in [-0.2, -0.15) is 0 Å². The summed E-state index contributed by atoms with van der Waals surface area (Å²) in [4.78, 5) is 6.47. The van der Waals surface area contributed by atoms with Gasteiger partial charge in [-0.15, -0.1) is 11.3 Å². The molecule has 1 N–H and O–H groups in total. The third-order valence-corrected chi connectivity index (χ3v) is 5.80. The first-order chi connectivity index (χ1) is 9.26. The maximum absolute atomic E-state index is 4.96. The summed E-state index contributed by atoms with van der Waals surface area (Å²) >= 11 is 1.99. The van der Waals surface area contributed by atoms with Gasteiger partial charge in [0.1, 0.15) is 0 Å². The number of hydrogen-bond acceptors (Lipinski definition) is 3. The summed E-state index contributed by atoms with van der Waals surface area (Å²) in [6, 6.07) is 0.796. The Bertz CT molecular complexity index is 422. The Morgan fingerprint density at radius 2 is 2.11 bits per heavy atom. The molecule has 3 heteroatoms. The maximum atomic E-state index is 4.96. The third kappa shape index (κ3) is 3.38. The van der Waals surface area contributed by atoms with Crippen molar-refractivity contribution in [2.24, 2.45) is 5.92 Å². The maximum Gasteiger partial charge on any atom is 0.0962 e. The van der Waals surface area contributed by atoms with Crippen LogP contribution in [0, 0.1) is 5.92 Å². The molecule has 0 saturated heterocycles. The smallest absolute Gasteiger partial charge is 0.0962 e. The van der Waals surface area contributed by atoms with E-state index in [1.165, 1.54) is 54.1 Å². The molecule has 3 rings (SSSR count). The van der Waals surface area contributed by atoms with Crippen molar-refractivity contribution >= 4 is 11.3 Å². The third-order valence-electron chi connectivity index (χ3n) is 4.54. The number of thiazole rings is 1. The molecule has 19 heavy (non-hydrogen) atoms. The Labute approximate surface area is 121 Å². The van der Waals surface area contributed by atoms with Crippen LogP contribution in [-0.2, 0) is 13.0 Å². The lowest BCUT2D eigenvalue weighted by molar-refractivity contribution is 0.343. The molecule has 2 aliphatic rings. The van der Waals surface area contributed by atoms with E-state index in [-0.39, 0.29) is 0 Å². The normalized spacial score (nSPS) is 27.7. The summed E-state index contributed by atoms with van der Waals surface area (Å²) in [5.41, 5.74) is 1.35. The monoisotopic (exact) mass is 278 g/mol. The molecular weight excluding hydrogens is 252 g/mol. The molecule has 2 aliphatic carbocycles. The Balaban J connectivity index is 1.69. The number of hydrogen-bond donors (Lipinski definition) is 1. The van der Waals surface area contributed by atoms with Crippen LogP contribution in [0.2, 0.25) is 0 Å². The molecule has 0 aliphatic heterocycles. The molecule has 1 heterocycles. The average molecular weight is 278 g/mol. The van der Waals surface area contributed by atoms with E-state index in [9.17, 15) is 0 Å². The van der Waals surface area contributed by atoms with Crippen molar-refractivity contribution in [2.75, 3.05) is 0 Å². The number of nitrogens with zero attached hydrogens (tertiary/aromatic N) is 1. The van der Waals surface area contributed by atoms with Gasteiger partial charge in [0, 0.05) is 23.4 Å². The van der Waals surface area contributed by atoms with Crippen molar-refractivity contribution in [3.8, 4) is 0 Å². The number of aryl methyl sites for hydroxylation is 1. The molecule has 1 aromatic rings. The number of rotatable bonds is 5. The van der Waals surface area contributed by atoms with E-state index in [1.807, 2.05) is 11.3 Å². The summed E-state index contributed by atoms with van der Waals surface area (Å²) in [5.74, 6) is 1.63. The molecule has 2 unspecified atom stereocenters. The van der Waals surface area contributed by atoms with E-state index in [0.29, 0.717) is 0 Å². The van der Waals surface area contributed by atoms with Crippen LogP contribution in [0.4, 0.5) is 0 Å². The molecule has 106 valence electrons. The second-order valence-corrected chi connectivity index (χ2v) is 7.51. The van der Waals surface area contributed by atoms with Crippen molar-refractivity contribution in [2.45, 2.75) is 77.3 Å². The lowest BCUT2D eigenvalue weighted by Crippen LogP contribution is -2.15. The molecule has 0 spiro atoms. The van der Waals surface area contributed by atoms with E-state index in [4.69, 9.17) is 4.98 Å². The molecule has 0 aromatic carbocycles. The second kappa shape index (κ2) is 5.92. The minimum atomic E-state index is 0.744. The molecule has 0 amide bonds. The van der Waals surface area contributed by atoms with Gasteiger partial charge in [-0.25, -0.2) is 4.98 Å². The van der Waals surface area contributed by atoms with Crippen molar-refractivity contribution < 1.29 is 0 Å². The van der Waals surface area contributed by atoms with Crippen LogP contribution < -0.4 is 5.32 Å². The lowest BCUT2D eigenvalue weighted by Gasteiger charge is -2.24. The van der Waals surface area contributed by atoms with Crippen LogP contribution in [0.5, 0.6) is 0 Å². The zero-order valence-corrected chi connectivity index (χ0v) is 13.1. The van der Waals surface area contributed by atoms with Crippen molar-refractivity contribution in [1.29, 1.82) is 0 Å². The standard InChI is InChI=1S/C16H26N2S/c1-3-14-15(10-17-13-7-8-13)19-16(18-14)12-6-4-5-11(2)9-12/h11-13,17H,3-10H2,1-2H3. The van der Waals surface area contributed by atoms with Gasteiger partial charge in [0.15, 0.2) is 0 Å². The number of aromatic nitrogens is 1. The summed E-state index contributed by atoms with van der Waals surface area (Å²) in [6.07, 6.45) is 9.34. The van der Waals surface area contributed by atoms with Crippen LogP contribution in [0.25, 0.3) is 0 Å². The highest BCUT2D eigenvalue weighted by Gasteiger charge is 2.25. The summed E-state index contributed by atoms with van der Waals surface area (Å²) < 4.78 is 0. The van der Waals surface area contributed by atoms with E-state index in [2.05, 4.69) is 19.2 Å². The quantitative estimate of drug-likeness (QED) is 0.871. The molecule has 2 nitrogen and oxygen atoms in total. The van der Waals surface area contributed by atoms with E-state index in [1.54, 1.807) is 0 Å². The fourth-order valence-electron chi connectivity index (χ4n) is 3.18. The largest absolute Gasteiger partial charge is 0.309 e. The minimum absolute atomic E-state index is 0.744. The Hall–Kier alpha value is -0.410. The van der Waals surface area contributed by atoms with Crippen molar-refractivity contribution in [3.63, 3.8) is 0 Å². The van der Waals surface area contributed by atoms with Crippen LogP contribution in [0.15, 0.2) is 0 Å². The first kappa shape index (κ1) is 13.6. The van der Waals surface area contributed by atoms with Gasteiger partial charge >= 0.3 is 0 Å². The highest BCUT2D eigenvalue weighted by Crippen LogP contribution is 2.38. The van der Waals surface area contributed by atoms with Gasteiger partial charge in [0.2, 0.25) is 0 Å². The molecule has 2 atom stereocenters. The summed E-state index contributed by atoms with van der Waals surface area (Å²) in [7, 11) is 0. The van der Waals surface area contributed by atoms with Gasteiger partial charge in [-0.3, -0.25) is 0 Å². The van der Waals surface area contributed by atoms with Crippen LogP contribution >= 0.6 is 11.3 Å². The van der Waals surface area contributed by atoms with Crippen LogP contribution in [-0.4, -0.2) is 11.0 Å². The van der Waals surface area contributed by atoms with Crippen molar-refractivity contribution in [3.05, 3.63) is 15.6 Å². The molecular formula is C16H26N2S. The Morgan fingerprint density at radius 1 is 1.26 bits per heavy atom. The highest BCUT2D eigenvalue weighted by molar-refractivity contribution is 7.11. The summed E-state index contributed by atoms with van der Waals surface area (Å²) in [5, 5.41) is 5.07. The fourth-order valence-corrected chi connectivity index (χ4v) is 4.43. The predicted molar refractivity (Wildman–Crippen MR) is 81.7 cm³/mol. The molecule has 1 aromatic heterocycles. The van der Waals surface area contributed by atoms with E-state index >= 15 is 0 Å². The minimum Gasteiger partial charge on any atom is -0.309 e. The SMILES string of the molecule is CCc1nc(C2CCCC(C)C2)sc1CNC1CC1. The zero-order chi connectivity index (χ0) is 13.2. The van der Waals surface area contributed by atoms with Gasteiger partial charge in [0.05, 0.1) is 10.7 Å². The Kier molecular flexibility index (Phi) is 4.23. The van der Waals surface area contributed by atoms with Crippen molar-refractivity contribution in [1.82, 2.24) is 10.3 Å². The number of nitrogens with one attached hydrogen (secondary N) is 1. The fraction of sp³-hybridized carbons (Fsp3) is 0.812. The Morgan fingerprint density at radius 3 is 2.79 bits per heavy atom. The first-order valence-corrected chi connectivity index (χ1v) is 8.79. The second-order valence-electron chi connectivity index (χ2n) is 6.40. The summed E-state index contributed by atoms with van der Waals surface area (Å²) in [6.45, 7) is 5.69. The van der Waals surface area contributed by atoms with Gasteiger partial charge in [0.25, 0.3) is 0 Å². The molecule has 2 fully saturated rings. The molecule has 0 bridgehead atoms. The van der Waals surface area contributed by atoms with Gasteiger partial charge in [-0.1, -0.05) is 26.7 Å². The average Bonchev–Trinajstić information content (AvgIpc) is 3.15. The van der Waals surface area contributed by atoms with Gasteiger partial charge in [-0.05, 0) is 38.0 Å². The van der Waals surface area contributed by atoms with Crippen LogP contribution in [0.1, 0.15) is 73.9 Å². The highest BCUT2D eigenvalue weighted by atomic mass is 32.1. The van der Waals surface area contributed by atoms with Gasteiger partial charge < -0.3 is 5.32 Å². The van der Waals surface area contributed by atoms with Crippen LogP contribution in [0.3, 0.4) is 0 Å². The van der Waals surface area contributed by atoms with E-state index in [0.717, 1.165) is 30.8 Å². The first-order valence-electron chi connectivity index (χ1n) is 7.98. The molecule has 0 radical (unpaired) electrons. The predicted octanol–water partition coefficient (Wildman–Crippen LogP) is 4.25. The van der Waals surface area contributed by atoms with E-state index < -0.39 is 0 Å². The zero-order valence-electron chi connectivity index (χ0n) is 12.2.